The Hall–Kier alpha value is -2.49. The Kier molecular flexibility index (Phi) is 2.61. The van der Waals surface area contributed by atoms with Crippen LogP contribution in [0.4, 0.5) is 4.39 Å². The van der Waals surface area contributed by atoms with E-state index in [1.54, 1.807) is 35.4 Å². The highest BCUT2D eigenvalue weighted by molar-refractivity contribution is 5.61. The summed E-state index contributed by atoms with van der Waals surface area (Å²) in [6.45, 7) is 0. The molecule has 0 atom stereocenters. The van der Waals surface area contributed by atoms with Gasteiger partial charge in [-0.15, -0.1) is 0 Å². The molecule has 0 saturated carbocycles. The van der Waals surface area contributed by atoms with Gasteiger partial charge >= 0.3 is 0 Å². The quantitative estimate of drug-likeness (QED) is 0.688. The van der Waals surface area contributed by atoms with E-state index in [1.807, 2.05) is 18.2 Å². The Morgan fingerprint density at radius 2 is 1.56 bits per heavy atom. The molecule has 0 radical (unpaired) electrons. The zero-order chi connectivity index (χ0) is 12.4. The van der Waals surface area contributed by atoms with Gasteiger partial charge in [0.25, 0.3) is 0 Å². The van der Waals surface area contributed by atoms with Crippen LogP contribution in [0.5, 0.6) is 0 Å². The Bertz CT molecular complexity index is 644. The van der Waals surface area contributed by atoms with Crippen LogP contribution in [0.15, 0.2) is 61.1 Å². The fraction of sp³-hybridized carbons (Fsp3) is 0. The second-order valence-corrected chi connectivity index (χ2v) is 3.84. The largest absolute Gasteiger partial charge is 0.265 e. The molecule has 0 N–H and O–H groups in total. The molecule has 0 spiro atoms. The van der Waals surface area contributed by atoms with Crippen molar-refractivity contribution in [2.24, 2.45) is 0 Å². The van der Waals surface area contributed by atoms with Crippen LogP contribution in [0.3, 0.4) is 0 Å². The van der Waals surface area contributed by atoms with Gasteiger partial charge in [0, 0.05) is 18.0 Å². The van der Waals surface area contributed by atoms with E-state index in [2.05, 4.69) is 10.1 Å². The summed E-state index contributed by atoms with van der Waals surface area (Å²) < 4.78 is 14.7. The molecule has 4 heteroatoms. The van der Waals surface area contributed by atoms with E-state index in [4.69, 9.17) is 0 Å². The first-order chi connectivity index (χ1) is 8.84. The molecule has 88 valence electrons. The lowest BCUT2D eigenvalue weighted by Gasteiger charge is -2.07. The number of halogens is 1. The number of benzene rings is 1. The van der Waals surface area contributed by atoms with E-state index in [0.717, 1.165) is 16.9 Å². The van der Waals surface area contributed by atoms with Gasteiger partial charge in [0.2, 0.25) is 0 Å². The van der Waals surface area contributed by atoms with E-state index in [-0.39, 0.29) is 5.82 Å². The van der Waals surface area contributed by atoms with Crippen molar-refractivity contribution in [3.63, 3.8) is 0 Å². The molecule has 0 aliphatic carbocycles. The van der Waals surface area contributed by atoms with Crippen molar-refractivity contribution in [1.82, 2.24) is 14.8 Å². The molecule has 18 heavy (non-hydrogen) atoms. The van der Waals surface area contributed by atoms with E-state index < -0.39 is 0 Å². The first-order valence-electron chi connectivity index (χ1n) is 5.55. The van der Waals surface area contributed by atoms with Crippen LogP contribution in [0.1, 0.15) is 0 Å². The third kappa shape index (κ3) is 1.88. The van der Waals surface area contributed by atoms with Gasteiger partial charge in [-0.25, -0.2) is 9.07 Å². The highest BCUT2D eigenvalue weighted by Crippen LogP contribution is 2.22. The summed E-state index contributed by atoms with van der Waals surface area (Å²) in [4.78, 5) is 3.98. The van der Waals surface area contributed by atoms with Crippen LogP contribution >= 0.6 is 0 Å². The molecule has 2 aromatic heterocycles. The lowest BCUT2D eigenvalue weighted by molar-refractivity contribution is 0.628. The summed E-state index contributed by atoms with van der Waals surface area (Å²) in [5.74, 6) is -0.242. The van der Waals surface area contributed by atoms with Crippen molar-refractivity contribution in [2.45, 2.75) is 0 Å². The fourth-order valence-electron chi connectivity index (χ4n) is 1.83. The van der Waals surface area contributed by atoms with Gasteiger partial charge < -0.3 is 0 Å². The summed E-state index contributed by atoms with van der Waals surface area (Å²) in [5, 5.41) is 4.28. The molecule has 0 bridgehead atoms. The van der Waals surface area contributed by atoms with Gasteiger partial charge in [-0.2, -0.15) is 5.10 Å². The molecular formula is C14H10FN3. The fourth-order valence-corrected chi connectivity index (χ4v) is 1.83. The smallest absolute Gasteiger partial charge is 0.123 e. The maximum absolute atomic E-state index is 12.9. The minimum Gasteiger partial charge on any atom is -0.265 e. The highest BCUT2D eigenvalue weighted by Gasteiger charge is 2.06. The zero-order valence-corrected chi connectivity index (χ0v) is 9.49. The molecule has 0 aliphatic heterocycles. The summed E-state index contributed by atoms with van der Waals surface area (Å²) in [6, 6.07) is 12.0. The second-order valence-electron chi connectivity index (χ2n) is 3.84. The molecule has 0 saturated heterocycles. The van der Waals surface area contributed by atoms with Crippen molar-refractivity contribution in [3.05, 3.63) is 66.9 Å². The van der Waals surface area contributed by atoms with Gasteiger partial charge in [0.05, 0.1) is 17.6 Å². The average Bonchev–Trinajstić information content (AvgIpc) is 2.90. The Labute approximate surface area is 104 Å². The van der Waals surface area contributed by atoms with Crippen molar-refractivity contribution < 1.29 is 4.39 Å². The van der Waals surface area contributed by atoms with Crippen LogP contribution in [0.2, 0.25) is 0 Å². The predicted octanol–water partition coefficient (Wildman–Crippen LogP) is 3.07. The highest BCUT2D eigenvalue weighted by atomic mass is 19.1. The van der Waals surface area contributed by atoms with Gasteiger partial charge in [0.15, 0.2) is 0 Å². The summed E-state index contributed by atoms with van der Waals surface area (Å²) in [7, 11) is 0. The normalized spacial score (nSPS) is 10.5. The monoisotopic (exact) mass is 239 g/mol. The zero-order valence-electron chi connectivity index (χ0n) is 9.49. The van der Waals surface area contributed by atoms with Crippen molar-refractivity contribution in [3.8, 4) is 16.9 Å². The van der Waals surface area contributed by atoms with Crippen LogP contribution < -0.4 is 0 Å². The summed E-state index contributed by atoms with van der Waals surface area (Å²) >= 11 is 0. The maximum Gasteiger partial charge on any atom is 0.123 e. The predicted molar refractivity (Wildman–Crippen MR) is 66.8 cm³/mol. The van der Waals surface area contributed by atoms with Crippen LogP contribution in [0, 0.1) is 5.82 Å². The summed E-state index contributed by atoms with van der Waals surface area (Å²) in [5.41, 5.74) is 2.77. The number of pyridine rings is 1. The molecule has 0 fully saturated rings. The molecule has 3 nitrogen and oxygen atoms in total. The summed E-state index contributed by atoms with van der Waals surface area (Å²) in [6.07, 6.45) is 5.15. The number of hydrogen-bond acceptors (Lipinski definition) is 2. The molecule has 0 unspecified atom stereocenters. The first kappa shape index (κ1) is 10.7. The average molecular weight is 239 g/mol. The topological polar surface area (TPSA) is 30.7 Å². The Morgan fingerprint density at radius 3 is 2.28 bits per heavy atom. The van der Waals surface area contributed by atoms with E-state index in [0.29, 0.717) is 0 Å². The minimum absolute atomic E-state index is 0.242. The van der Waals surface area contributed by atoms with Crippen molar-refractivity contribution in [1.29, 1.82) is 0 Å². The third-order valence-electron chi connectivity index (χ3n) is 2.69. The van der Waals surface area contributed by atoms with Crippen molar-refractivity contribution >= 4 is 0 Å². The van der Waals surface area contributed by atoms with Crippen LogP contribution in [-0.2, 0) is 0 Å². The van der Waals surface area contributed by atoms with Crippen LogP contribution in [-0.4, -0.2) is 14.8 Å². The molecule has 2 heterocycles. The number of rotatable bonds is 2. The van der Waals surface area contributed by atoms with E-state index >= 15 is 0 Å². The first-order valence-corrected chi connectivity index (χ1v) is 5.55. The van der Waals surface area contributed by atoms with Gasteiger partial charge in [0.1, 0.15) is 5.82 Å². The number of hydrogen-bond donors (Lipinski definition) is 0. The molecule has 0 aliphatic rings. The molecule has 1 aromatic carbocycles. The lowest BCUT2D eigenvalue weighted by atomic mass is 10.1. The third-order valence-corrected chi connectivity index (χ3v) is 2.69. The number of aromatic nitrogens is 3. The number of nitrogens with zero attached hydrogens (tertiary/aromatic N) is 3. The molecule has 3 rings (SSSR count). The van der Waals surface area contributed by atoms with Gasteiger partial charge in [-0.3, -0.25) is 4.98 Å². The second kappa shape index (κ2) is 4.41. The lowest BCUT2D eigenvalue weighted by Crippen LogP contribution is -1.98. The van der Waals surface area contributed by atoms with E-state index in [1.165, 1.54) is 12.1 Å². The van der Waals surface area contributed by atoms with Crippen LogP contribution in [0.25, 0.3) is 16.9 Å². The SMILES string of the molecule is Fc1ccc(-c2ccnn2-c2ccncc2)cc1. The standard InChI is InChI=1S/C14H10FN3/c15-12-3-1-11(2-4-12)14-7-10-17-18(14)13-5-8-16-9-6-13/h1-10H. The maximum atomic E-state index is 12.9. The molecule has 0 amide bonds. The minimum atomic E-state index is -0.242. The van der Waals surface area contributed by atoms with E-state index in [9.17, 15) is 4.39 Å². The van der Waals surface area contributed by atoms with Gasteiger partial charge in [-0.05, 0) is 42.5 Å². The van der Waals surface area contributed by atoms with Crippen molar-refractivity contribution in [2.75, 3.05) is 0 Å². The molecule has 3 aromatic rings. The molecular weight excluding hydrogens is 229 g/mol. The van der Waals surface area contributed by atoms with Gasteiger partial charge in [-0.1, -0.05) is 0 Å². The Balaban J connectivity index is 2.10. The Morgan fingerprint density at radius 1 is 0.833 bits per heavy atom.